The molecule has 0 aliphatic carbocycles. The van der Waals surface area contributed by atoms with E-state index in [1.807, 2.05) is 24.3 Å². The van der Waals surface area contributed by atoms with Crippen LogP contribution in [0.15, 0.2) is 29.4 Å². The number of benzene rings is 1. The standard InChI is InChI=1S/C13H19N3O/c1-2-10-6-5-9-16(10)12-8-4-3-7-11(12)13(14)15-17/h3-4,7-8,10,17H,2,5-6,9H2,1H3,(H2,14,15). The fourth-order valence-electron chi connectivity index (χ4n) is 2.57. The summed E-state index contributed by atoms with van der Waals surface area (Å²) in [6.45, 7) is 3.25. The van der Waals surface area contributed by atoms with E-state index in [0.29, 0.717) is 6.04 Å². The van der Waals surface area contributed by atoms with E-state index in [1.54, 1.807) is 0 Å². The fourth-order valence-corrected chi connectivity index (χ4v) is 2.57. The molecule has 1 atom stereocenters. The summed E-state index contributed by atoms with van der Waals surface area (Å²) in [5, 5.41) is 11.9. The van der Waals surface area contributed by atoms with Crippen LogP contribution < -0.4 is 10.6 Å². The van der Waals surface area contributed by atoms with Gasteiger partial charge in [0, 0.05) is 23.8 Å². The molecule has 17 heavy (non-hydrogen) atoms. The SMILES string of the molecule is CCC1CCCN1c1ccccc1C(N)=NO. The topological polar surface area (TPSA) is 61.8 Å². The third-order valence-corrected chi connectivity index (χ3v) is 3.45. The minimum absolute atomic E-state index is 0.183. The lowest BCUT2D eigenvalue weighted by molar-refractivity contribution is 0.318. The maximum Gasteiger partial charge on any atom is 0.172 e. The second-order valence-corrected chi connectivity index (χ2v) is 4.40. The molecule has 0 aromatic heterocycles. The highest BCUT2D eigenvalue weighted by Gasteiger charge is 2.25. The lowest BCUT2D eigenvalue weighted by Gasteiger charge is -2.27. The van der Waals surface area contributed by atoms with Gasteiger partial charge in [0.15, 0.2) is 5.84 Å². The van der Waals surface area contributed by atoms with Crippen molar-refractivity contribution < 1.29 is 5.21 Å². The van der Waals surface area contributed by atoms with Crippen molar-refractivity contribution in [3.05, 3.63) is 29.8 Å². The van der Waals surface area contributed by atoms with Crippen molar-refractivity contribution in [3.63, 3.8) is 0 Å². The van der Waals surface area contributed by atoms with Crippen LogP contribution in [-0.4, -0.2) is 23.6 Å². The van der Waals surface area contributed by atoms with Gasteiger partial charge < -0.3 is 15.8 Å². The Morgan fingerprint density at radius 3 is 3.00 bits per heavy atom. The monoisotopic (exact) mass is 233 g/mol. The minimum Gasteiger partial charge on any atom is -0.409 e. The molecule has 4 heteroatoms. The van der Waals surface area contributed by atoms with Crippen molar-refractivity contribution in [2.24, 2.45) is 10.9 Å². The predicted molar refractivity (Wildman–Crippen MR) is 69.6 cm³/mol. The van der Waals surface area contributed by atoms with Crippen LogP contribution in [0.25, 0.3) is 0 Å². The largest absolute Gasteiger partial charge is 0.409 e. The number of oxime groups is 1. The summed E-state index contributed by atoms with van der Waals surface area (Å²) in [4.78, 5) is 2.37. The molecule has 0 bridgehead atoms. The maximum atomic E-state index is 8.82. The van der Waals surface area contributed by atoms with Crippen LogP contribution in [-0.2, 0) is 0 Å². The van der Waals surface area contributed by atoms with Crippen LogP contribution >= 0.6 is 0 Å². The van der Waals surface area contributed by atoms with Crippen molar-refractivity contribution >= 4 is 11.5 Å². The summed E-state index contributed by atoms with van der Waals surface area (Å²) >= 11 is 0. The van der Waals surface area contributed by atoms with E-state index < -0.39 is 0 Å². The van der Waals surface area contributed by atoms with Crippen LogP contribution in [0.1, 0.15) is 31.7 Å². The highest BCUT2D eigenvalue weighted by atomic mass is 16.4. The summed E-state index contributed by atoms with van der Waals surface area (Å²) in [5.74, 6) is 0.183. The first-order valence-electron chi connectivity index (χ1n) is 6.11. The molecule has 1 aliphatic rings. The van der Waals surface area contributed by atoms with Gasteiger partial charge in [-0.25, -0.2) is 0 Å². The summed E-state index contributed by atoms with van der Waals surface area (Å²) < 4.78 is 0. The van der Waals surface area contributed by atoms with Crippen molar-refractivity contribution in [2.75, 3.05) is 11.4 Å². The van der Waals surface area contributed by atoms with Crippen LogP contribution in [0.5, 0.6) is 0 Å². The van der Waals surface area contributed by atoms with Crippen molar-refractivity contribution in [1.82, 2.24) is 0 Å². The summed E-state index contributed by atoms with van der Waals surface area (Å²) in [6, 6.07) is 8.42. The molecule has 1 aromatic rings. The summed E-state index contributed by atoms with van der Waals surface area (Å²) in [5.41, 5.74) is 7.61. The van der Waals surface area contributed by atoms with Gasteiger partial charge in [0.25, 0.3) is 0 Å². The number of rotatable bonds is 3. The maximum absolute atomic E-state index is 8.82. The van der Waals surface area contributed by atoms with Gasteiger partial charge in [0.2, 0.25) is 0 Å². The molecule has 1 heterocycles. The quantitative estimate of drug-likeness (QED) is 0.364. The molecule has 1 saturated heterocycles. The molecule has 1 fully saturated rings. The van der Waals surface area contributed by atoms with Gasteiger partial charge in [-0.15, -0.1) is 0 Å². The zero-order valence-corrected chi connectivity index (χ0v) is 10.1. The predicted octanol–water partition coefficient (Wildman–Crippen LogP) is 2.16. The Hall–Kier alpha value is -1.71. The first-order chi connectivity index (χ1) is 8.27. The van der Waals surface area contributed by atoms with Gasteiger partial charge >= 0.3 is 0 Å². The first-order valence-corrected chi connectivity index (χ1v) is 6.11. The van der Waals surface area contributed by atoms with Gasteiger partial charge in [0.05, 0.1) is 0 Å². The smallest absolute Gasteiger partial charge is 0.172 e. The number of anilines is 1. The Balaban J connectivity index is 2.38. The lowest BCUT2D eigenvalue weighted by Crippen LogP contribution is -2.30. The first kappa shape index (κ1) is 11.8. The Labute approximate surface area is 102 Å². The Bertz CT molecular complexity index is 417. The molecule has 3 N–H and O–H groups in total. The molecular formula is C13H19N3O. The van der Waals surface area contributed by atoms with Crippen LogP contribution in [0, 0.1) is 0 Å². The second-order valence-electron chi connectivity index (χ2n) is 4.40. The van der Waals surface area contributed by atoms with Crippen LogP contribution in [0.3, 0.4) is 0 Å². The molecule has 0 spiro atoms. The third-order valence-electron chi connectivity index (χ3n) is 3.45. The average molecular weight is 233 g/mol. The van der Waals surface area contributed by atoms with Gasteiger partial charge in [-0.05, 0) is 31.4 Å². The van der Waals surface area contributed by atoms with Crippen molar-refractivity contribution in [3.8, 4) is 0 Å². The van der Waals surface area contributed by atoms with E-state index in [4.69, 9.17) is 10.9 Å². The zero-order valence-electron chi connectivity index (χ0n) is 10.1. The van der Waals surface area contributed by atoms with E-state index in [1.165, 1.54) is 12.8 Å². The number of nitrogens with zero attached hydrogens (tertiary/aromatic N) is 2. The highest BCUT2D eigenvalue weighted by Crippen LogP contribution is 2.29. The molecule has 1 unspecified atom stereocenters. The number of hydrogen-bond acceptors (Lipinski definition) is 3. The van der Waals surface area contributed by atoms with Gasteiger partial charge in [-0.1, -0.05) is 24.2 Å². The van der Waals surface area contributed by atoms with Crippen LogP contribution in [0.4, 0.5) is 5.69 Å². The van der Waals surface area contributed by atoms with Gasteiger partial charge in [-0.3, -0.25) is 0 Å². The van der Waals surface area contributed by atoms with E-state index >= 15 is 0 Å². The van der Waals surface area contributed by atoms with Gasteiger partial charge in [-0.2, -0.15) is 0 Å². The minimum atomic E-state index is 0.183. The Morgan fingerprint density at radius 1 is 1.53 bits per heavy atom. The average Bonchev–Trinajstić information content (AvgIpc) is 2.86. The lowest BCUT2D eigenvalue weighted by atomic mass is 10.1. The van der Waals surface area contributed by atoms with E-state index in [-0.39, 0.29) is 5.84 Å². The van der Waals surface area contributed by atoms with E-state index in [2.05, 4.69) is 17.0 Å². The molecule has 92 valence electrons. The molecule has 0 radical (unpaired) electrons. The second kappa shape index (κ2) is 5.08. The van der Waals surface area contributed by atoms with Crippen molar-refractivity contribution in [2.45, 2.75) is 32.2 Å². The molecule has 0 amide bonds. The van der Waals surface area contributed by atoms with Crippen molar-refractivity contribution in [1.29, 1.82) is 0 Å². The third kappa shape index (κ3) is 2.20. The molecule has 1 aliphatic heterocycles. The van der Waals surface area contributed by atoms with Crippen LogP contribution in [0.2, 0.25) is 0 Å². The summed E-state index contributed by atoms with van der Waals surface area (Å²) in [6.07, 6.45) is 3.56. The Morgan fingerprint density at radius 2 is 2.29 bits per heavy atom. The molecule has 1 aromatic carbocycles. The number of nitrogens with two attached hydrogens (primary N) is 1. The number of para-hydroxylation sites is 1. The molecule has 0 saturated carbocycles. The highest BCUT2D eigenvalue weighted by molar-refractivity contribution is 6.02. The zero-order chi connectivity index (χ0) is 12.3. The van der Waals surface area contributed by atoms with E-state index in [9.17, 15) is 0 Å². The Kier molecular flexibility index (Phi) is 3.52. The number of hydrogen-bond donors (Lipinski definition) is 2. The molecule has 2 rings (SSSR count). The normalized spacial score (nSPS) is 20.9. The molecular weight excluding hydrogens is 214 g/mol. The summed E-state index contributed by atoms with van der Waals surface area (Å²) in [7, 11) is 0. The fraction of sp³-hybridized carbons (Fsp3) is 0.462. The number of amidine groups is 1. The molecule has 4 nitrogen and oxygen atoms in total. The van der Waals surface area contributed by atoms with E-state index in [0.717, 1.165) is 24.2 Å². The van der Waals surface area contributed by atoms with Gasteiger partial charge in [0.1, 0.15) is 0 Å².